The second-order valence-electron chi connectivity index (χ2n) is 6.42. The molecule has 0 radical (unpaired) electrons. The van der Waals surface area contributed by atoms with Gasteiger partial charge in [0, 0.05) is 48.6 Å². The summed E-state index contributed by atoms with van der Waals surface area (Å²) in [6.07, 6.45) is 8.33. The van der Waals surface area contributed by atoms with Crippen molar-refractivity contribution in [3.05, 3.63) is 60.3 Å². The van der Waals surface area contributed by atoms with Gasteiger partial charge in [-0.3, -0.25) is 4.79 Å². The molecule has 1 aromatic carbocycles. The average Bonchev–Trinajstić information content (AvgIpc) is 3.25. The van der Waals surface area contributed by atoms with Crippen LogP contribution in [0.3, 0.4) is 0 Å². The van der Waals surface area contributed by atoms with Crippen LogP contribution in [0.2, 0.25) is 0 Å². The summed E-state index contributed by atoms with van der Waals surface area (Å²) in [5.74, 6) is -0.125. The molecule has 1 N–H and O–H groups in total. The van der Waals surface area contributed by atoms with Crippen molar-refractivity contribution in [1.29, 1.82) is 0 Å². The summed E-state index contributed by atoms with van der Waals surface area (Å²) >= 11 is 0. The van der Waals surface area contributed by atoms with Crippen molar-refractivity contribution in [2.24, 2.45) is 0 Å². The Labute approximate surface area is 139 Å². The molecule has 1 aliphatic heterocycles. The van der Waals surface area contributed by atoms with E-state index in [1.807, 2.05) is 23.2 Å². The molecule has 3 heterocycles. The van der Waals surface area contributed by atoms with Crippen LogP contribution in [0.5, 0.6) is 0 Å². The number of carbonyl (C=O) groups is 1. The molecule has 1 fully saturated rings. The summed E-state index contributed by atoms with van der Waals surface area (Å²) in [5.41, 5.74) is 1.67. The highest BCUT2D eigenvalue weighted by atomic mass is 19.1. The molecule has 1 amide bonds. The predicted molar refractivity (Wildman–Crippen MR) is 91.2 cm³/mol. The number of carbonyl (C=O) groups excluding carboxylic acids is 1. The van der Waals surface area contributed by atoms with Crippen molar-refractivity contribution in [3.63, 3.8) is 0 Å². The monoisotopic (exact) mass is 325 g/mol. The number of fused-ring (bicyclic) bond motifs is 1. The summed E-state index contributed by atoms with van der Waals surface area (Å²) in [4.78, 5) is 17.6. The predicted octanol–water partition coefficient (Wildman–Crippen LogP) is 3.51. The summed E-state index contributed by atoms with van der Waals surface area (Å²) in [5, 5.41) is 0.923. The lowest BCUT2D eigenvalue weighted by atomic mass is 10.0. The summed E-state index contributed by atoms with van der Waals surface area (Å²) in [6, 6.07) is 9.20. The highest BCUT2D eigenvalue weighted by Gasteiger charge is 2.23. The van der Waals surface area contributed by atoms with E-state index in [4.69, 9.17) is 0 Å². The minimum Gasteiger partial charge on any atom is -0.361 e. The van der Waals surface area contributed by atoms with Crippen molar-refractivity contribution in [1.82, 2.24) is 14.5 Å². The summed E-state index contributed by atoms with van der Waals surface area (Å²) in [7, 11) is 0. The van der Waals surface area contributed by atoms with Gasteiger partial charge >= 0.3 is 0 Å². The van der Waals surface area contributed by atoms with Crippen LogP contribution in [0.25, 0.3) is 10.9 Å². The molecule has 1 aliphatic rings. The fraction of sp³-hybridized carbons (Fsp3) is 0.316. The van der Waals surface area contributed by atoms with Gasteiger partial charge in [0.1, 0.15) is 5.82 Å². The molecule has 5 heteroatoms. The number of benzene rings is 1. The fourth-order valence-electron chi connectivity index (χ4n) is 3.58. The Hall–Kier alpha value is -2.56. The number of piperidine rings is 1. The number of nitrogens with zero attached hydrogens (tertiary/aromatic N) is 2. The Bertz CT molecular complexity index is 845. The SMILES string of the molecule is O=C(Cc1c[nH]c2cc(F)ccc12)N1CCC(n2cccc2)CC1. The lowest BCUT2D eigenvalue weighted by molar-refractivity contribution is -0.131. The Morgan fingerprint density at radius 2 is 1.96 bits per heavy atom. The van der Waals surface area contributed by atoms with E-state index >= 15 is 0 Å². The molecule has 24 heavy (non-hydrogen) atoms. The van der Waals surface area contributed by atoms with E-state index in [1.54, 1.807) is 6.07 Å². The van der Waals surface area contributed by atoms with Gasteiger partial charge in [0.25, 0.3) is 0 Å². The second-order valence-corrected chi connectivity index (χ2v) is 6.42. The number of amides is 1. The van der Waals surface area contributed by atoms with E-state index < -0.39 is 0 Å². The zero-order chi connectivity index (χ0) is 16.5. The van der Waals surface area contributed by atoms with Crippen molar-refractivity contribution in [2.75, 3.05) is 13.1 Å². The van der Waals surface area contributed by atoms with Crippen molar-refractivity contribution >= 4 is 16.8 Å². The molecule has 0 saturated carbocycles. The number of likely N-dealkylation sites (tertiary alicyclic amines) is 1. The quantitative estimate of drug-likeness (QED) is 0.786. The van der Waals surface area contributed by atoms with E-state index in [9.17, 15) is 9.18 Å². The molecular weight excluding hydrogens is 305 g/mol. The molecule has 4 rings (SSSR count). The van der Waals surface area contributed by atoms with Gasteiger partial charge in [-0.15, -0.1) is 0 Å². The van der Waals surface area contributed by atoms with Crippen LogP contribution in [-0.2, 0) is 11.2 Å². The Kier molecular flexibility index (Phi) is 3.84. The Balaban J connectivity index is 1.41. The van der Waals surface area contributed by atoms with Gasteiger partial charge < -0.3 is 14.5 Å². The van der Waals surface area contributed by atoms with Gasteiger partial charge in [-0.2, -0.15) is 0 Å². The zero-order valence-corrected chi connectivity index (χ0v) is 13.4. The maximum absolute atomic E-state index is 13.3. The van der Waals surface area contributed by atoms with Crippen molar-refractivity contribution < 1.29 is 9.18 Å². The van der Waals surface area contributed by atoms with Crippen LogP contribution in [0, 0.1) is 5.82 Å². The fourth-order valence-corrected chi connectivity index (χ4v) is 3.58. The first-order valence-corrected chi connectivity index (χ1v) is 8.36. The van der Waals surface area contributed by atoms with Crippen LogP contribution in [0.15, 0.2) is 48.9 Å². The molecule has 0 bridgehead atoms. The van der Waals surface area contributed by atoms with E-state index in [0.29, 0.717) is 12.5 Å². The number of rotatable bonds is 3. The molecule has 2 aromatic heterocycles. The first kappa shape index (κ1) is 15.0. The minimum atomic E-state index is -0.269. The zero-order valence-electron chi connectivity index (χ0n) is 13.4. The molecule has 124 valence electrons. The van der Waals surface area contributed by atoms with E-state index in [2.05, 4.69) is 21.9 Å². The molecule has 0 aliphatic carbocycles. The number of nitrogens with one attached hydrogen (secondary N) is 1. The third-order valence-electron chi connectivity index (χ3n) is 4.94. The number of hydrogen-bond donors (Lipinski definition) is 1. The third-order valence-corrected chi connectivity index (χ3v) is 4.94. The topological polar surface area (TPSA) is 41.0 Å². The van der Waals surface area contributed by atoms with Gasteiger partial charge in [0.2, 0.25) is 5.91 Å². The molecule has 0 atom stereocenters. The lowest BCUT2D eigenvalue weighted by Gasteiger charge is -2.32. The number of aromatic nitrogens is 2. The van der Waals surface area contributed by atoms with Crippen LogP contribution < -0.4 is 0 Å². The highest BCUT2D eigenvalue weighted by molar-refractivity contribution is 5.89. The maximum atomic E-state index is 13.3. The van der Waals surface area contributed by atoms with Gasteiger partial charge in [-0.05, 0) is 48.7 Å². The first-order chi connectivity index (χ1) is 11.7. The lowest BCUT2D eigenvalue weighted by Crippen LogP contribution is -2.39. The largest absolute Gasteiger partial charge is 0.361 e. The third kappa shape index (κ3) is 2.82. The van der Waals surface area contributed by atoms with Crippen LogP contribution in [-0.4, -0.2) is 33.4 Å². The summed E-state index contributed by atoms with van der Waals surface area (Å²) < 4.78 is 15.5. The minimum absolute atomic E-state index is 0.145. The van der Waals surface area contributed by atoms with E-state index in [0.717, 1.165) is 42.4 Å². The number of H-pyrrole nitrogens is 1. The van der Waals surface area contributed by atoms with Crippen LogP contribution in [0.1, 0.15) is 24.4 Å². The number of hydrogen-bond acceptors (Lipinski definition) is 1. The van der Waals surface area contributed by atoms with Gasteiger partial charge in [-0.1, -0.05) is 0 Å². The van der Waals surface area contributed by atoms with Gasteiger partial charge in [-0.25, -0.2) is 4.39 Å². The van der Waals surface area contributed by atoms with Gasteiger partial charge in [0.05, 0.1) is 6.42 Å². The molecule has 0 spiro atoms. The normalized spacial score (nSPS) is 16.0. The van der Waals surface area contributed by atoms with Crippen LogP contribution >= 0.6 is 0 Å². The van der Waals surface area contributed by atoms with Crippen molar-refractivity contribution in [3.8, 4) is 0 Å². The molecular formula is C19H20FN3O. The smallest absolute Gasteiger partial charge is 0.227 e. The van der Waals surface area contributed by atoms with Crippen molar-refractivity contribution in [2.45, 2.75) is 25.3 Å². The molecule has 3 aromatic rings. The molecule has 1 saturated heterocycles. The number of halogens is 1. The molecule has 4 nitrogen and oxygen atoms in total. The summed E-state index contributed by atoms with van der Waals surface area (Å²) in [6.45, 7) is 1.58. The number of aromatic amines is 1. The second kappa shape index (κ2) is 6.15. The van der Waals surface area contributed by atoms with Gasteiger partial charge in [0.15, 0.2) is 0 Å². The Morgan fingerprint density at radius 1 is 1.21 bits per heavy atom. The molecule has 0 unspecified atom stereocenters. The standard InChI is InChI=1S/C19H20FN3O/c20-15-3-4-17-14(13-21-18(17)12-15)11-19(24)23-9-5-16(6-10-23)22-7-1-2-8-22/h1-4,7-8,12-13,16,21H,5-6,9-11H2. The average molecular weight is 325 g/mol. The maximum Gasteiger partial charge on any atom is 0.227 e. The van der Waals surface area contributed by atoms with E-state index in [1.165, 1.54) is 12.1 Å². The Morgan fingerprint density at radius 3 is 2.71 bits per heavy atom. The highest BCUT2D eigenvalue weighted by Crippen LogP contribution is 2.24. The first-order valence-electron chi connectivity index (χ1n) is 8.36. The van der Waals surface area contributed by atoms with E-state index in [-0.39, 0.29) is 11.7 Å². The van der Waals surface area contributed by atoms with Crippen LogP contribution in [0.4, 0.5) is 4.39 Å².